The average Bonchev–Trinajstić information content (AvgIpc) is 3.11. The smallest absolute Gasteiger partial charge is 0.239 e. The van der Waals surface area contributed by atoms with E-state index in [2.05, 4.69) is 22.1 Å². The summed E-state index contributed by atoms with van der Waals surface area (Å²) in [4.78, 5) is 8.72. The summed E-state index contributed by atoms with van der Waals surface area (Å²) in [7, 11) is 0. The van der Waals surface area contributed by atoms with E-state index < -0.39 is 18.6 Å². The first-order valence-electron chi connectivity index (χ1n) is 17.4. The third-order valence-electron chi connectivity index (χ3n) is 7.59. The molecule has 2 aliphatic heterocycles. The largest absolute Gasteiger partial charge is 0.503 e. The SMILES string of the molecule is [2H]C([2H])([2H])c1cnc(-c2[c-]cc3c4c2Oc2ccccc2B4c2ccccc2O3)cc1C([2H])([2H])C(C)(C)C.[Ir].[c-]1ccccc1-c1ccccn1. The molecule has 0 saturated carbocycles. The summed E-state index contributed by atoms with van der Waals surface area (Å²) in [6.07, 6.45) is 1.11. The quantitative estimate of drug-likeness (QED) is 0.136. The molecular formula is C40H33BIrN2O2-2. The number of benzene rings is 4. The number of aromatic nitrogens is 2. The number of hydrogen-bond acceptors (Lipinski definition) is 4. The molecule has 0 amide bonds. The molecule has 46 heavy (non-hydrogen) atoms. The standard InChI is InChI=1S/C29H25BNO2.C11H8N.Ir/c1-18-17-31-23(15-19(18)16-29(2,3)4)20-13-14-26-27-28(20)33-25-12-8-6-10-22(25)30(27)21-9-5-7-11-24(21)32-26;1-2-6-10(7-3-1)11-8-4-5-9-12-11;/h5-12,14-15,17H,16H2,1-4H3;1-6,8-9H;/q2*-1;/i1D3,16D2;;. The van der Waals surface area contributed by atoms with Gasteiger partial charge in [0.15, 0.2) is 0 Å². The average molecular weight is 782 g/mol. The van der Waals surface area contributed by atoms with Gasteiger partial charge in [-0.1, -0.05) is 92.0 Å². The molecule has 4 nitrogen and oxygen atoms in total. The Balaban J connectivity index is 0.000000291. The Morgan fingerprint density at radius 3 is 2.20 bits per heavy atom. The molecule has 0 N–H and O–H groups in total. The second kappa shape index (κ2) is 13.1. The van der Waals surface area contributed by atoms with Crippen molar-refractivity contribution in [2.45, 2.75) is 34.0 Å². The molecule has 4 heterocycles. The van der Waals surface area contributed by atoms with Gasteiger partial charge in [0, 0.05) is 50.9 Å². The van der Waals surface area contributed by atoms with Crippen LogP contribution in [0.4, 0.5) is 0 Å². The van der Waals surface area contributed by atoms with Crippen molar-refractivity contribution in [2.75, 3.05) is 0 Å². The van der Waals surface area contributed by atoms with Crippen LogP contribution in [0.2, 0.25) is 0 Å². The molecule has 4 aromatic carbocycles. The van der Waals surface area contributed by atoms with Crippen LogP contribution in [0.25, 0.3) is 22.5 Å². The van der Waals surface area contributed by atoms with Crippen molar-refractivity contribution in [1.82, 2.24) is 9.97 Å². The summed E-state index contributed by atoms with van der Waals surface area (Å²) < 4.78 is 54.6. The van der Waals surface area contributed by atoms with Gasteiger partial charge in [-0.25, -0.2) is 0 Å². The van der Waals surface area contributed by atoms with Crippen molar-refractivity contribution < 1.29 is 36.4 Å². The first kappa shape index (κ1) is 25.7. The second-order valence-corrected chi connectivity index (χ2v) is 12.0. The molecule has 1 radical (unpaired) electrons. The van der Waals surface area contributed by atoms with Gasteiger partial charge in [0.05, 0.1) is 0 Å². The van der Waals surface area contributed by atoms with Crippen LogP contribution >= 0.6 is 0 Å². The third kappa shape index (κ3) is 6.29. The van der Waals surface area contributed by atoms with Gasteiger partial charge in [-0.3, -0.25) is 0 Å². The summed E-state index contributed by atoms with van der Waals surface area (Å²) >= 11 is 0. The maximum absolute atomic E-state index is 8.90. The van der Waals surface area contributed by atoms with E-state index in [1.807, 2.05) is 91.0 Å². The number of fused-ring (bicyclic) bond motifs is 4. The van der Waals surface area contributed by atoms with Crippen molar-refractivity contribution in [2.24, 2.45) is 5.41 Å². The Labute approximate surface area is 292 Å². The minimum atomic E-state index is -2.52. The minimum absolute atomic E-state index is 0. The van der Waals surface area contributed by atoms with Gasteiger partial charge in [-0.05, 0) is 64.7 Å². The van der Waals surface area contributed by atoms with Crippen LogP contribution in [0, 0.1) is 24.4 Å². The first-order chi connectivity index (χ1) is 23.8. The normalized spacial score (nSPS) is 14.3. The predicted octanol–water partition coefficient (Wildman–Crippen LogP) is 7.72. The van der Waals surface area contributed by atoms with Gasteiger partial charge >= 0.3 is 0 Å². The Morgan fingerprint density at radius 1 is 0.804 bits per heavy atom. The van der Waals surface area contributed by atoms with E-state index >= 15 is 0 Å². The number of nitrogens with zero attached hydrogens (tertiary/aromatic N) is 2. The summed E-state index contributed by atoms with van der Waals surface area (Å²) in [5, 5.41) is 0. The van der Waals surface area contributed by atoms with E-state index in [-0.39, 0.29) is 37.9 Å². The molecule has 0 aliphatic carbocycles. The second-order valence-electron chi connectivity index (χ2n) is 12.0. The predicted molar refractivity (Wildman–Crippen MR) is 183 cm³/mol. The first-order valence-corrected chi connectivity index (χ1v) is 14.9. The van der Waals surface area contributed by atoms with E-state index in [0.717, 1.165) is 33.4 Å². The van der Waals surface area contributed by atoms with Crippen molar-refractivity contribution in [3.63, 3.8) is 0 Å². The molecule has 229 valence electrons. The zero-order valence-corrected chi connectivity index (χ0v) is 28.0. The summed E-state index contributed by atoms with van der Waals surface area (Å²) in [5.74, 6) is 2.64. The summed E-state index contributed by atoms with van der Waals surface area (Å²) in [5.41, 5.74) is 4.92. The number of hydrogen-bond donors (Lipinski definition) is 0. The van der Waals surface area contributed by atoms with Crippen LogP contribution < -0.4 is 25.9 Å². The third-order valence-corrected chi connectivity index (χ3v) is 7.59. The molecule has 0 atom stereocenters. The van der Waals surface area contributed by atoms with Crippen LogP contribution in [0.1, 0.15) is 38.8 Å². The van der Waals surface area contributed by atoms with Gasteiger partial charge in [-0.2, -0.15) is 0 Å². The monoisotopic (exact) mass is 782 g/mol. The number of aryl methyl sites for hydroxylation is 1. The maximum Gasteiger partial charge on any atom is 0.239 e. The van der Waals surface area contributed by atoms with Crippen molar-refractivity contribution >= 4 is 23.1 Å². The van der Waals surface area contributed by atoms with E-state index in [4.69, 9.17) is 16.3 Å². The number of pyridine rings is 2. The fourth-order valence-electron chi connectivity index (χ4n) is 5.69. The molecule has 0 spiro atoms. The van der Waals surface area contributed by atoms with Crippen LogP contribution in [0.3, 0.4) is 0 Å². The summed E-state index contributed by atoms with van der Waals surface area (Å²) in [6.45, 7) is 2.61. The molecular weight excluding hydrogens is 743 g/mol. The zero-order valence-electron chi connectivity index (χ0n) is 30.6. The van der Waals surface area contributed by atoms with Crippen molar-refractivity contribution in [3.05, 3.63) is 139 Å². The maximum atomic E-state index is 8.90. The van der Waals surface area contributed by atoms with Crippen LogP contribution in [-0.2, 0) is 26.5 Å². The van der Waals surface area contributed by atoms with E-state index in [9.17, 15) is 0 Å². The fraction of sp³-hybridized carbons (Fsp3) is 0.150. The van der Waals surface area contributed by atoms with Crippen LogP contribution in [0.5, 0.6) is 23.0 Å². The molecule has 6 aromatic rings. The van der Waals surface area contributed by atoms with Gasteiger partial charge < -0.3 is 19.4 Å². The molecule has 0 unspecified atom stereocenters. The van der Waals surface area contributed by atoms with Crippen molar-refractivity contribution in [3.8, 4) is 45.5 Å². The Bertz CT molecular complexity index is 2140. The van der Waals surface area contributed by atoms with Crippen LogP contribution in [0.15, 0.2) is 116 Å². The summed E-state index contributed by atoms with van der Waals surface area (Å²) in [6, 6.07) is 39.1. The van der Waals surface area contributed by atoms with E-state index in [1.54, 1.807) is 33.0 Å². The molecule has 6 heteroatoms. The number of rotatable bonds is 3. The minimum Gasteiger partial charge on any atom is -0.503 e. The fourth-order valence-corrected chi connectivity index (χ4v) is 5.69. The Morgan fingerprint density at radius 2 is 1.52 bits per heavy atom. The van der Waals surface area contributed by atoms with Gasteiger partial charge in [-0.15, -0.1) is 48.0 Å². The Hall–Kier alpha value is -4.51. The zero-order chi connectivity index (χ0) is 35.3. The number of ether oxygens (including phenoxy) is 2. The molecule has 8 rings (SSSR count). The van der Waals surface area contributed by atoms with Gasteiger partial charge in [0.25, 0.3) is 0 Å². The molecule has 0 bridgehead atoms. The van der Waals surface area contributed by atoms with E-state index in [1.165, 1.54) is 12.3 Å². The molecule has 2 aliphatic rings. The molecule has 2 aromatic heterocycles. The van der Waals surface area contributed by atoms with Gasteiger partial charge in [0.1, 0.15) is 11.5 Å². The topological polar surface area (TPSA) is 44.2 Å². The number of para-hydroxylation sites is 2. The van der Waals surface area contributed by atoms with E-state index in [0.29, 0.717) is 28.5 Å². The van der Waals surface area contributed by atoms with Crippen molar-refractivity contribution in [1.29, 1.82) is 0 Å². The van der Waals surface area contributed by atoms with Gasteiger partial charge in [0.2, 0.25) is 6.71 Å². The van der Waals surface area contributed by atoms with Crippen LogP contribution in [-0.4, -0.2) is 16.7 Å². The molecule has 0 saturated heterocycles. The molecule has 0 fully saturated rings. The Kier molecular flexibility index (Phi) is 7.30.